The summed E-state index contributed by atoms with van der Waals surface area (Å²) in [6, 6.07) is 63.8. The molecule has 0 aliphatic heterocycles. The molecular formula is C53H41N. The van der Waals surface area contributed by atoms with Gasteiger partial charge >= 0.3 is 0 Å². The van der Waals surface area contributed by atoms with E-state index in [0.29, 0.717) is 5.92 Å². The normalized spacial score (nSPS) is 17.6. The first kappa shape index (κ1) is 31.4. The summed E-state index contributed by atoms with van der Waals surface area (Å²) < 4.78 is 0. The third-order valence-corrected chi connectivity index (χ3v) is 12.8. The average Bonchev–Trinajstić information content (AvgIpc) is 3.77. The molecule has 0 saturated carbocycles. The summed E-state index contributed by atoms with van der Waals surface area (Å²) in [5.41, 5.74) is 22.3. The maximum absolute atomic E-state index is 2.58. The van der Waals surface area contributed by atoms with Gasteiger partial charge in [0.2, 0.25) is 0 Å². The van der Waals surface area contributed by atoms with Crippen LogP contribution in [0.1, 0.15) is 60.6 Å². The van der Waals surface area contributed by atoms with Crippen LogP contribution in [0.4, 0.5) is 11.4 Å². The van der Waals surface area contributed by atoms with Crippen LogP contribution in [0, 0.1) is 5.92 Å². The third kappa shape index (κ3) is 4.16. The van der Waals surface area contributed by atoms with Crippen LogP contribution < -0.4 is 4.90 Å². The molecule has 54 heavy (non-hydrogen) atoms. The van der Waals surface area contributed by atoms with Gasteiger partial charge in [0.15, 0.2) is 0 Å². The second kappa shape index (κ2) is 11.4. The van der Waals surface area contributed by atoms with Gasteiger partial charge in [-0.2, -0.15) is 0 Å². The molecular weight excluding hydrogens is 651 g/mol. The van der Waals surface area contributed by atoms with Crippen LogP contribution in [-0.4, -0.2) is 0 Å². The predicted molar refractivity (Wildman–Crippen MR) is 225 cm³/mol. The van der Waals surface area contributed by atoms with Gasteiger partial charge in [0.1, 0.15) is 0 Å². The van der Waals surface area contributed by atoms with Crippen LogP contribution in [0.5, 0.6) is 0 Å². The highest BCUT2D eigenvalue weighted by Gasteiger charge is 2.54. The van der Waals surface area contributed by atoms with Gasteiger partial charge in [0.25, 0.3) is 0 Å². The zero-order chi connectivity index (χ0) is 36.2. The number of hydrogen-bond acceptors (Lipinski definition) is 1. The quantitative estimate of drug-likeness (QED) is 0.178. The van der Waals surface area contributed by atoms with Crippen molar-refractivity contribution in [2.45, 2.75) is 38.0 Å². The fourth-order valence-corrected chi connectivity index (χ4v) is 10.6. The number of fused-ring (bicyclic) bond motifs is 12. The Bertz CT molecular complexity index is 2700. The lowest BCUT2D eigenvalue weighted by atomic mass is 9.67. The van der Waals surface area contributed by atoms with E-state index < -0.39 is 0 Å². The summed E-state index contributed by atoms with van der Waals surface area (Å²) in [6.07, 6.45) is 3.56. The Morgan fingerprint density at radius 1 is 0.463 bits per heavy atom. The molecule has 1 spiro atoms. The van der Waals surface area contributed by atoms with Gasteiger partial charge in [-0.05, 0) is 109 Å². The van der Waals surface area contributed by atoms with Crippen LogP contribution in [0.3, 0.4) is 0 Å². The van der Waals surface area contributed by atoms with Crippen molar-refractivity contribution in [3.63, 3.8) is 0 Å². The Labute approximate surface area is 318 Å². The minimum atomic E-state index is -0.341. The molecule has 1 unspecified atom stereocenters. The molecule has 258 valence electrons. The third-order valence-electron chi connectivity index (χ3n) is 12.8. The number of rotatable bonds is 4. The van der Waals surface area contributed by atoms with E-state index in [4.69, 9.17) is 0 Å². The zero-order valence-electron chi connectivity index (χ0n) is 31.0. The Kier molecular flexibility index (Phi) is 6.62. The van der Waals surface area contributed by atoms with Crippen molar-refractivity contribution in [1.82, 2.24) is 0 Å². The van der Waals surface area contributed by atoms with E-state index in [1.165, 1.54) is 95.0 Å². The van der Waals surface area contributed by atoms with Gasteiger partial charge in [-0.25, -0.2) is 0 Å². The first-order valence-electron chi connectivity index (χ1n) is 19.4. The first-order valence-corrected chi connectivity index (χ1v) is 19.4. The van der Waals surface area contributed by atoms with E-state index in [0.717, 1.165) is 6.42 Å². The smallest absolute Gasteiger partial charge is 0.0689 e. The average molecular weight is 692 g/mol. The number of nitrogens with zero attached hydrogens (tertiary/aromatic N) is 1. The predicted octanol–water partition coefficient (Wildman–Crippen LogP) is 13.5. The Morgan fingerprint density at radius 3 is 1.67 bits per heavy atom. The molecule has 0 heterocycles. The second-order valence-electron chi connectivity index (χ2n) is 16.1. The van der Waals surface area contributed by atoms with E-state index >= 15 is 0 Å². The summed E-state index contributed by atoms with van der Waals surface area (Å²) >= 11 is 0. The molecule has 4 aliphatic rings. The van der Waals surface area contributed by atoms with E-state index in [1.54, 1.807) is 0 Å². The molecule has 0 amide bonds. The fourth-order valence-electron chi connectivity index (χ4n) is 10.6. The van der Waals surface area contributed by atoms with Crippen molar-refractivity contribution in [3.05, 3.63) is 221 Å². The molecule has 0 radical (unpaired) electrons. The lowest BCUT2D eigenvalue weighted by Crippen LogP contribution is -2.30. The van der Waals surface area contributed by atoms with E-state index in [-0.39, 0.29) is 10.8 Å². The summed E-state index contributed by atoms with van der Waals surface area (Å²) in [6.45, 7) is 7.18. The Hall–Kier alpha value is -6.18. The summed E-state index contributed by atoms with van der Waals surface area (Å²) in [4.78, 5) is 2.58. The lowest BCUT2D eigenvalue weighted by Gasteiger charge is -2.37. The molecule has 1 atom stereocenters. The van der Waals surface area contributed by atoms with Gasteiger partial charge in [0.05, 0.1) is 11.1 Å². The van der Waals surface area contributed by atoms with Gasteiger partial charge < -0.3 is 4.90 Å². The molecule has 0 aromatic heterocycles. The molecule has 4 aliphatic carbocycles. The van der Waals surface area contributed by atoms with Crippen molar-refractivity contribution >= 4 is 16.9 Å². The highest BCUT2D eigenvalue weighted by Crippen LogP contribution is 2.65. The summed E-state index contributed by atoms with van der Waals surface area (Å²) in [5, 5.41) is 0. The van der Waals surface area contributed by atoms with Crippen molar-refractivity contribution < 1.29 is 0 Å². The Balaban J connectivity index is 1.19. The molecule has 0 bridgehead atoms. The summed E-state index contributed by atoms with van der Waals surface area (Å²) in [7, 11) is 0. The Morgan fingerprint density at radius 2 is 0.981 bits per heavy atom. The van der Waals surface area contributed by atoms with E-state index in [1.807, 2.05) is 0 Å². The van der Waals surface area contributed by atoms with Crippen molar-refractivity contribution in [2.75, 3.05) is 4.90 Å². The van der Waals surface area contributed by atoms with Crippen molar-refractivity contribution in [2.24, 2.45) is 5.92 Å². The molecule has 1 heteroatoms. The number of hydrogen-bond donors (Lipinski definition) is 0. The highest BCUT2D eigenvalue weighted by molar-refractivity contribution is 6.01. The molecule has 0 N–H and O–H groups in total. The number of allylic oxidation sites excluding steroid dienone is 3. The number of anilines is 2. The zero-order valence-corrected chi connectivity index (χ0v) is 31.0. The van der Waals surface area contributed by atoms with Gasteiger partial charge in [-0.3, -0.25) is 0 Å². The fraction of sp³-hybridized carbons (Fsp3) is 0.132. The van der Waals surface area contributed by atoms with Gasteiger partial charge in [-0.1, -0.05) is 172 Å². The summed E-state index contributed by atoms with van der Waals surface area (Å²) in [5.74, 6) is 0.333. The van der Waals surface area contributed by atoms with E-state index in [2.05, 4.69) is 202 Å². The van der Waals surface area contributed by atoms with Crippen LogP contribution in [0.15, 0.2) is 187 Å². The molecule has 0 saturated heterocycles. The highest BCUT2D eigenvalue weighted by atomic mass is 15.2. The largest absolute Gasteiger partial charge is 0.310 e. The molecule has 0 fully saturated rings. The molecule has 7 aromatic carbocycles. The minimum Gasteiger partial charge on any atom is -0.310 e. The molecule has 1 nitrogen and oxygen atoms in total. The topological polar surface area (TPSA) is 3.24 Å². The number of benzene rings is 7. The van der Waals surface area contributed by atoms with Crippen molar-refractivity contribution in [3.8, 4) is 33.4 Å². The van der Waals surface area contributed by atoms with Crippen LogP contribution in [-0.2, 0) is 10.8 Å². The van der Waals surface area contributed by atoms with Crippen molar-refractivity contribution in [1.29, 1.82) is 0 Å². The SMILES string of the molecule is CC1C=C(N(c2cccc(-c3ccccc3)c2)c2ccc3c(c2)C(C)(C)c2ccccc2-3)C2=C(C1)C1(c3ccccc32)c2ccccc2-c2ccccc21. The monoisotopic (exact) mass is 691 g/mol. The van der Waals surface area contributed by atoms with Crippen LogP contribution >= 0.6 is 0 Å². The maximum Gasteiger partial charge on any atom is 0.0689 e. The van der Waals surface area contributed by atoms with Gasteiger partial charge in [0, 0.05) is 22.4 Å². The molecule has 7 aromatic rings. The first-order chi connectivity index (χ1) is 26.5. The van der Waals surface area contributed by atoms with Gasteiger partial charge in [-0.15, -0.1) is 0 Å². The maximum atomic E-state index is 2.58. The van der Waals surface area contributed by atoms with Crippen LogP contribution in [0.25, 0.3) is 39.0 Å². The lowest BCUT2D eigenvalue weighted by molar-refractivity contribution is 0.625. The molecule has 11 rings (SSSR count). The second-order valence-corrected chi connectivity index (χ2v) is 16.1. The van der Waals surface area contributed by atoms with E-state index in [9.17, 15) is 0 Å². The minimum absolute atomic E-state index is 0.112. The van der Waals surface area contributed by atoms with Crippen LogP contribution in [0.2, 0.25) is 0 Å². The standard InChI is InChI=1S/C53H41N/c1-34-30-49-51(43-23-10-14-27-47(43)53(49)45-25-12-8-21-40(45)41-22-9-13-26-46(41)53)50(31-34)54(37-19-15-18-36(32-37)35-16-5-4-6-17-35)38-28-29-42-39-20-7-11-24-44(39)52(2,3)48(42)33-38/h4-29,31-34H,30H2,1-3H3.